The Labute approximate surface area is 134 Å². The zero-order chi connectivity index (χ0) is 14.5. The van der Waals surface area contributed by atoms with Gasteiger partial charge in [0.05, 0.1) is 20.9 Å². The third kappa shape index (κ3) is 2.60. The van der Waals surface area contributed by atoms with Crippen molar-refractivity contribution in [1.82, 2.24) is 0 Å². The van der Waals surface area contributed by atoms with Gasteiger partial charge in [-0.1, -0.05) is 12.1 Å². The molecule has 0 aromatic heterocycles. The molecule has 0 spiro atoms. The highest BCUT2D eigenvalue weighted by atomic mass is 127. The van der Waals surface area contributed by atoms with Gasteiger partial charge in [0.25, 0.3) is 0 Å². The Morgan fingerprint density at radius 2 is 1.75 bits per heavy atom. The Morgan fingerprint density at radius 3 is 2.30 bits per heavy atom. The van der Waals surface area contributed by atoms with E-state index in [0.29, 0.717) is 6.10 Å². The van der Waals surface area contributed by atoms with Gasteiger partial charge in [-0.05, 0) is 74.7 Å². The predicted molar refractivity (Wildman–Crippen MR) is 88.5 cm³/mol. The van der Waals surface area contributed by atoms with Crippen LogP contribution in [0.4, 0.5) is 0 Å². The molecule has 1 aliphatic heterocycles. The number of hydrogen-bond donors (Lipinski definition) is 0. The molecule has 3 rings (SSSR count). The first-order valence-electron chi connectivity index (χ1n) is 7.11. The van der Waals surface area contributed by atoms with Crippen LogP contribution in [0, 0.1) is 3.57 Å². The molecule has 1 aliphatic carbocycles. The molecule has 0 unspecified atom stereocenters. The van der Waals surface area contributed by atoms with Crippen LogP contribution >= 0.6 is 22.6 Å². The summed E-state index contributed by atoms with van der Waals surface area (Å²) in [6, 6.07) is 6.10. The van der Waals surface area contributed by atoms with E-state index in [0.717, 1.165) is 27.6 Å². The molecule has 1 aromatic carbocycles. The van der Waals surface area contributed by atoms with Crippen LogP contribution in [-0.2, 0) is 9.31 Å². The van der Waals surface area contributed by atoms with Crippen molar-refractivity contribution in [3.8, 4) is 5.75 Å². The minimum absolute atomic E-state index is 0.311. The van der Waals surface area contributed by atoms with Gasteiger partial charge in [0.1, 0.15) is 5.75 Å². The molecule has 108 valence electrons. The van der Waals surface area contributed by atoms with Gasteiger partial charge >= 0.3 is 7.12 Å². The van der Waals surface area contributed by atoms with Crippen LogP contribution in [0.5, 0.6) is 5.75 Å². The fraction of sp³-hybridized carbons (Fsp3) is 0.600. The fourth-order valence-corrected chi connectivity index (χ4v) is 2.88. The summed E-state index contributed by atoms with van der Waals surface area (Å²) in [5.41, 5.74) is 0.435. The van der Waals surface area contributed by atoms with Crippen LogP contribution in [0.25, 0.3) is 0 Å². The number of benzene rings is 1. The normalized spacial score (nSPS) is 23.9. The Kier molecular flexibility index (Phi) is 3.58. The highest BCUT2D eigenvalue weighted by Gasteiger charge is 2.52. The molecule has 1 saturated carbocycles. The first-order chi connectivity index (χ1) is 9.30. The Balaban J connectivity index is 1.87. The standard InChI is InChI=1S/C15H20BIO3/c1-14(2)15(3,4)20-16(19-14)11-6-5-7-12(13(11)17)18-10-8-9-10/h5-7,10H,8-9H2,1-4H3. The lowest BCUT2D eigenvalue weighted by atomic mass is 9.79. The molecule has 3 nitrogen and oxygen atoms in total. The van der Waals surface area contributed by atoms with Crippen molar-refractivity contribution in [2.75, 3.05) is 0 Å². The van der Waals surface area contributed by atoms with Crippen molar-refractivity contribution in [1.29, 1.82) is 0 Å². The average Bonchev–Trinajstić information content (AvgIpc) is 3.10. The maximum absolute atomic E-state index is 6.12. The molecule has 1 heterocycles. The van der Waals surface area contributed by atoms with E-state index in [2.05, 4.69) is 56.4 Å². The van der Waals surface area contributed by atoms with E-state index in [1.54, 1.807) is 0 Å². The number of ether oxygens (including phenoxy) is 1. The van der Waals surface area contributed by atoms with E-state index in [-0.39, 0.29) is 18.3 Å². The van der Waals surface area contributed by atoms with Gasteiger partial charge in [0.15, 0.2) is 0 Å². The Hall–Kier alpha value is -0.265. The maximum Gasteiger partial charge on any atom is 0.496 e. The molecule has 0 bridgehead atoms. The predicted octanol–water partition coefficient (Wildman–Crippen LogP) is 3.13. The highest BCUT2D eigenvalue weighted by Crippen LogP contribution is 2.37. The van der Waals surface area contributed by atoms with Gasteiger partial charge in [-0.2, -0.15) is 0 Å². The second-order valence-electron chi connectivity index (χ2n) is 6.56. The lowest BCUT2D eigenvalue weighted by Crippen LogP contribution is -2.41. The molecule has 20 heavy (non-hydrogen) atoms. The van der Waals surface area contributed by atoms with Crippen LogP contribution < -0.4 is 10.2 Å². The molecule has 2 aliphatic rings. The molecule has 0 N–H and O–H groups in total. The zero-order valence-electron chi connectivity index (χ0n) is 12.4. The van der Waals surface area contributed by atoms with Crippen molar-refractivity contribution in [3.05, 3.63) is 21.8 Å². The molecule has 0 atom stereocenters. The van der Waals surface area contributed by atoms with Crippen molar-refractivity contribution in [2.24, 2.45) is 0 Å². The SMILES string of the molecule is CC1(C)OB(c2cccc(OC3CC3)c2I)OC1(C)C. The quantitative estimate of drug-likeness (QED) is 0.591. The average molecular weight is 386 g/mol. The summed E-state index contributed by atoms with van der Waals surface area (Å²) >= 11 is 2.33. The van der Waals surface area contributed by atoms with Gasteiger partial charge in [-0.15, -0.1) is 0 Å². The smallest absolute Gasteiger partial charge is 0.489 e. The Morgan fingerprint density at radius 1 is 1.15 bits per heavy atom. The summed E-state index contributed by atoms with van der Waals surface area (Å²) in [4.78, 5) is 0. The third-order valence-corrected chi connectivity index (χ3v) is 5.47. The molecular formula is C15H20BIO3. The van der Waals surface area contributed by atoms with E-state index >= 15 is 0 Å². The first kappa shape index (κ1) is 14.7. The molecule has 0 amide bonds. The minimum atomic E-state index is -0.324. The second kappa shape index (κ2) is 4.88. The summed E-state index contributed by atoms with van der Waals surface area (Å²) in [6.07, 6.45) is 2.73. The second-order valence-corrected chi connectivity index (χ2v) is 7.64. The number of hydrogen-bond acceptors (Lipinski definition) is 3. The largest absolute Gasteiger partial charge is 0.496 e. The van der Waals surface area contributed by atoms with Crippen LogP contribution in [0.1, 0.15) is 40.5 Å². The summed E-state index contributed by atoms with van der Waals surface area (Å²) < 4.78 is 19.3. The summed E-state index contributed by atoms with van der Waals surface area (Å²) in [6.45, 7) is 8.30. The summed E-state index contributed by atoms with van der Waals surface area (Å²) in [5, 5.41) is 0. The monoisotopic (exact) mass is 386 g/mol. The minimum Gasteiger partial charge on any atom is -0.489 e. The molecule has 1 aromatic rings. The van der Waals surface area contributed by atoms with Gasteiger partial charge in [-0.25, -0.2) is 0 Å². The van der Waals surface area contributed by atoms with Crippen LogP contribution in [0.2, 0.25) is 0 Å². The van der Waals surface area contributed by atoms with Crippen molar-refractivity contribution in [3.63, 3.8) is 0 Å². The molecule has 2 fully saturated rings. The molecular weight excluding hydrogens is 366 g/mol. The highest BCUT2D eigenvalue weighted by molar-refractivity contribution is 14.1. The van der Waals surface area contributed by atoms with Crippen LogP contribution in [0.15, 0.2) is 18.2 Å². The van der Waals surface area contributed by atoms with Crippen molar-refractivity contribution in [2.45, 2.75) is 57.8 Å². The van der Waals surface area contributed by atoms with Gasteiger partial charge in [0.2, 0.25) is 0 Å². The zero-order valence-corrected chi connectivity index (χ0v) is 14.6. The maximum atomic E-state index is 6.12. The van der Waals surface area contributed by atoms with E-state index in [1.807, 2.05) is 12.1 Å². The lowest BCUT2D eigenvalue weighted by Gasteiger charge is -2.32. The Bertz CT molecular complexity index is 510. The molecule has 5 heteroatoms. The third-order valence-electron chi connectivity index (χ3n) is 4.32. The van der Waals surface area contributed by atoms with E-state index in [1.165, 1.54) is 0 Å². The number of halogens is 1. The van der Waals surface area contributed by atoms with Gasteiger partial charge < -0.3 is 14.0 Å². The fourth-order valence-electron chi connectivity index (χ4n) is 2.14. The van der Waals surface area contributed by atoms with E-state index < -0.39 is 0 Å². The first-order valence-corrected chi connectivity index (χ1v) is 8.19. The van der Waals surface area contributed by atoms with Gasteiger partial charge in [0, 0.05) is 0 Å². The topological polar surface area (TPSA) is 27.7 Å². The van der Waals surface area contributed by atoms with Crippen LogP contribution in [-0.4, -0.2) is 24.4 Å². The van der Waals surface area contributed by atoms with Crippen molar-refractivity contribution >= 4 is 35.2 Å². The van der Waals surface area contributed by atoms with Crippen LogP contribution in [0.3, 0.4) is 0 Å². The molecule has 1 saturated heterocycles. The summed E-state index contributed by atoms with van der Waals surface area (Å²) in [5.74, 6) is 0.945. The van der Waals surface area contributed by atoms with E-state index in [4.69, 9.17) is 14.0 Å². The van der Waals surface area contributed by atoms with Crippen molar-refractivity contribution < 1.29 is 14.0 Å². The lowest BCUT2D eigenvalue weighted by molar-refractivity contribution is 0.00578. The van der Waals surface area contributed by atoms with E-state index in [9.17, 15) is 0 Å². The summed E-state index contributed by atoms with van der Waals surface area (Å²) in [7, 11) is -0.324. The number of rotatable bonds is 3. The molecule has 0 radical (unpaired) electrons. The van der Waals surface area contributed by atoms with Gasteiger partial charge in [-0.3, -0.25) is 0 Å².